The molecule has 0 aliphatic heterocycles. The highest BCUT2D eigenvalue weighted by Gasteiger charge is 2.06. The summed E-state index contributed by atoms with van der Waals surface area (Å²) in [7, 11) is 1.77. The number of hydrogen-bond donors (Lipinski definition) is 2. The Hall–Kier alpha value is -1.62. The van der Waals surface area contributed by atoms with Crippen molar-refractivity contribution < 1.29 is 13.9 Å². The van der Waals surface area contributed by atoms with Crippen LogP contribution < -0.4 is 15.4 Å². The molecule has 0 fully saturated rings. The zero-order chi connectivity index (χ0) is 11.1. The smallest absolute Gasteiger partial charge is 0.407 e. The van der Waals surface area contributed by atoms with Crippen molar-refractivity contribution in [2.45, 2.75) is 0 Å². The molecule has 82 valence electrons. The van der Waals surface area contributed by atoms with Crippen molar-refractivity contribution in [3.05, 3.63) is 30.1 Å². The van der Waals surface area contributed by atoms with E-state index >= 15 is 0 Å². The fraction of sp³-hybridized carbons (Fsp3) is 0.300. The molecule has 0 aliphatic rings. The fourth-order valence-corrected chi connectivity index (χ4v) is 0.953. The van der Waals surface area contributed by atoms with Crippen LogP contribution >= 0.6 is 0 Å². The Morgan fingerprint density at radius 3 is 2.80 bits per heavy atom. The Bertz CT molecular complexity index is 331. The van der Waals surface area contributed by atoms with E-state index in [4.69, 9.17) is 4.74 Å². The zero-order valence-corrected chi connectivity index (χ0v) is 8.42. The van der Waals surface area contributed by atoms with Gasteiger partial charge < -0.3 is 15.4 Å². The maximum atomic E-state index is 13.0. The van der Waals surface area contributed by atoms with Crippen molar-refractivity contribution in [3.8, 4) is 5.75 Å². The second-order valence-corrected chi connectivity index (χ2v) is 2.85. The molecular weight excluding hydrogens is 199 g/mol. The van der Waals surface area contributed by atoms with Crippen LogP contribution in [0.15, 0.2) is 24.3 Å². The highest BCUT2D eigenvalue weighted by atomic mass is 19.1. The lowest BCUT2D eigenvalue weighted by atomic mass is 10.3. The molecular formula is C10H13FN2O2. The van der Waals surface area contributed by atoms with E-state index in [-0.39, 0.29) is 5.75 Å². The first-order chi connectivity index (χ1) is 7.24. The van der Waals surface area contributed by atoms with Crippen LogP contribution in [0.1, 0.15) is 0 Å². The summed E-state index contributed by atoms with van der Waals surface area (Å²) in [6.07, 6.45) is -0.657. The summed E-state index contributed by atoms with van der Waals surface area (Å²) < 4.78 is 17.8. The number of benzene rings is 1. The largest absolute Gasteiger partial charge is 0.412 e. The lowest BCUT2D eigenvalue weighted by molar-refractivity contribution is 0.198. The maximum absolute atomic E-state index is 13.0. The summed E-state index contributed by atoms with van der Waals surface area (Å²) in [5.41, 5.74) is 0. The van der Waals surface area contributed by atoms with Gasteiger partial charge in [-0.05, 0) is 19.2 Å². The Balaban J connectivity index is 2.41. The number of carbonyl (C=O) groups excluding carboxylic acids is 1. The van der Waals surface area contributed by atoms with Gasteiger partial charge >= 0.3 is 6.09 Å². The van der Waals surface area contributed by atoms with Crippen molar-refractivity contribution in [3.63, 3.8) is 0 Å². The van der Waals surface area contributed by atoms with Crippen LogP contribution in [0, 0.1) is 5.82 Å². The first-order valence-electron chi connectivity index (χ1n) is 4.59. The van der Waals surface area contributed by atoms with E-state index in [0.717, 1.165) is 0 Å². The van der Waals surface area contributed by atoms with Gasteiger partial charge in [-0.25, -0.2) is 9.18 Å². The summed E-state index contributed by atoms with van der Waals surface area (Å²) >= 11 is 0. The van der Waals surface area contributed by atoms with Gasteiger partial charge in [-0.3, -0.25) is 0 Å². The Kier molecular flexibility index (Phi) is 4.56. The van der Waals surface area contributed by atoms with Gasteiger partial charge in [0.25, 0.3) is 0 Å². The lowest BCUT2D eigenvalue weighted by Gasteiger charge is -2.06. The summed E-state index contributed by atoms with van der Waals surface area (Å²) in [5, 5.41) is 5.32. The number of likely N-dealkylation sites (N-methyl/N-ethyl adjacent to an activating group) is 1. The van der Waals surface area contributed by atoms with Gasteiger partial charge in [0.05, 0.1) is 0 Å². The van der Waals surface area contributed by atoms with Crippen molar-refractivity contribution in [1.82, 2.24) is 10.6 Å². The number of rotatable bonds is 4. The number of nitrogens with one attached hydrogen (secondary N) is 2. The topological polar surface area (TPSA) is 50.4 Å². The summed E-state index contributed by atoms with van der Waals surface area (Å²) in [6, 6.07) is 5.75. The summed E-state index contributed by atoms with van der Waals surface area (Å²) in [4.78, 5) is 11.1. The Morgan fingerprint density at radius 1 is 1.40 bits per heavy atom. The van der Waals surface area contributed by atoms with E-state index in [2.05, 4.69) is 10.6 Å². The van der Waals surface area contributed by atoms with Crippen LogP contribution in [0.2, 0.25) is 0 Å². The van der Waals surface area contributed by atoms with Crippen molar-refractivity contribution in [2.75, 3.05) is 20.1 Å². The molecule has 1 rings (SSSR count). The molecule has 2 N–H and O–H groups in total. The normalized spacial score (nSPS) is 9.73. The van der Waals surface area contributed by atoms with Gasteiger partial charge in [-0.2, -0.15) is 0 Å². The van der Waals surface area contributed by atoms with Crippen LogP contribution in [0.5, 0.6) is 5.75 Å². The minimum atomic E-state index is -0.657. The van der Waals surface area contributed by atoms with Gasteiger partial charge in [0.1, 0.15) is 0 Å². The van der Waals surface area contributed by atoms with Crippen LogP contribution in [-0.2, 0) is 0 Å². The molecule has 1 amide bonds. The highest BCUT2D eigenvalue weighted by molar-refractivity contribution is 5.70. The first kappa shape index (κ1) is 11.5. The molecule has 0 heterocycles. The fourth-order valence-electron chi connectivity index (χ4n) is 0.953. The average molecular weight is 212 g/mol. The molecule has 1 aromatic carbocycles. The number of para-hydroxylation sites is 1. The van der Waals surface area contributed by atoms with Crippen LogP contribution in [-0.4, -0.2) is 26.2 Å². The molecule has 5 heteroatoms. The zero-order valence-electron chi connectivity index (χ0n) is 8.42. The van der Waals surface area contributed by atoms with Gasteiger partial charge in [0, 0.05) is 13.1 Å². The molecule has 0 aliphatic carbocycles. The summed E-state index contributed by atoms with van der Waals surface area (Å²) in [6.45, 7) is 1.07. The number of carbonyl (C=O) groups is 1. The second kappa shape index (κ2) is 5.98. The van der Waals surface area contributed by atoms with Crippen LogP contribution in [0.3, 0.4) is 0 Å². The molecule has 0 unspecified atom stereocenters. The molecule has 0 bridgehead atoms. The quantitative estimate of drug-likeness (QED) is 0.736. The minimum absolute atomic E-state index is 0.0699. The Morgan fingerprint density at radius 2 is 2.13 bits per heavy atom. The maximum Gasteiger partial charge on any atom is 0.412 e. The average Bonchev–Trinajstić information content (AvgIpc) is 2.22. The molecule has 0 saturated heterocycles. The number of amides is 1. The molecule has 0 spiro atoms. The minimum Gasteiger partial charge on any atom is -0.407 e. The predicted molar refractivity (Wildman–Crippen MR) is 54.4 cm³/mol. The first-order valence-corrected chi connectivity index (χ1v) is 4.59. The SMILES string of the molecule is CNCCNC(=O)Oc1ccccc1F. The molecule has 0 saturated carbocycles. The van der Waals surface area contributed by atoms with Crippen molar-refractivity contribution in [2.24, 2.45) is 0 Å². The van der Waals surface area contributed by atoms with Crippen LogP contribution in [0.25, 0.3) is 0 Å². The van der Waals surface area contributed by atoms with E-state index in [0.29, 0.717) is 13.1 Å². The third-order valence-corrected chi connectivity index (χ3v) is 1.68. The molecule has 0 atom stereocenters. The molecule has 1 aromatic rings. The third-order valence-electron chi connectivity index (χ3n) is 1.68. The van der Waals surface area contributed by atoms with E-state index in [9.17, 15) is 9.18 Å². The van der Waals surface area contributed by atoms with Gasteiger partial charge in [-0.15, -0.1) is 0 Å². The van der Waals surface area contributed by atoms with Gasteiger partial charge in [-0.1, -0.05) is 12.1 Å². The predicted octanol–water partition coefficient (Wildman–Crippen LogP) is 1.13. The van der Waals surface area contributed by atoms with Gasteiger partial charge in [0.2, 0.25) is 0 Å². The third kappa shape index (κ3) is 3.95. The van der Waals surface area contributed by atoms with E-state index in [1.165, 1.54) is 18.2 Å². The highest BCUT2D eigenvalue weighted by Crippen LogP contribution is 2.14. The van der Waals surface area contributed by atoms with E-state index in [1.807, 2.05) is 0 Å². The van der Waals surface area contributed by atoms with Crippen molar-refractivity contribution >= 4 is 6.09 Å². The monoisotopic (exact) mass is 212 g/mol. The van der Waals surface area contributed by atoms with E-state index < -0.39 is 11.9 Å². The lowest BCUT2D eigenvalue weighted by Crippen LogP contribution is -2.32. The summed E-state index contributed by atoms with van der Waals surface area (Å²) in [5.74, 6) is -0.624. The number of ether oxygens (including phenoxy) is 1. The molecule has 0 radical (unpaired) electrons. The molecule has 15 heavy (non-hydrogen) atoms. The van der Waals surface area contributed by atoms with Gasteiger partial charge in [0.15, 0.2) is 11.6 Å². The van der Waals surface area contributed by atoms with Crippen LogP contribution in [0.4, 0.5) is 9.18 Å². The number of halogens is 1. The van der Waals surface area contributed by atoms with E-state index in [1.54, 1.807) is 13.1 Å². The van der Waals surface area contributed by atoms with Crippen molar-refractivity contribution in [1.29, 1.82) is 0 Å². The molecule has 0 aromatic heterocycles. The molecule has 4 nitrogen and oxygen atoms in total. The second-order valence-electron chi connectivity index (χ2n) is 2.85. The standard InChI is InChI=1S/C10H13FN2O2/c1-12-6-7-13-10(14)15-9-5-3-2-4-8(9)11/h2-5,12H,6-7H2,1H3,(H,13,14). The Labute approximate surface area is 87.4 Å². The number of hydrogen-bond acceptors (Lipinski definition) is 3.